The predicted molar refractivity (Wildman–Crippen MR) is 88.5 cm³/mol. The van der Waals surface area contributed by atoms with Gasteiger partial charge in [-0.05, 0) is 48.9 Å². The summed E-state index contributed by atoms with van der Waals surface area (Å²) in [6, 6.07) is 10.3. The second-order valence-corrected chi connectivity index (χ2v) is 6.61. The molecule has 3 fully saturated rings. The van der Waals surface area contributed by atoms with E-state index in [2.05, 4.69) is 28.6 Å². The van der Waals surface area contributed by atoms with Gasteiger partial charge in [0.2, 0.25) is 0 Å². The first kappa shape index (κ1) is 13.9. The first-order valence-electron chi connectivity index (χ1n) is 8.16. The monoisotopic (exact) mass is 294 g/mol. The van der Waals surface area contributed by atoms with Gasteiger partial charge in [0.15, 0.2) is 0 Å². The highest BCUT2D eigenvalue weighted by Crippen LogP contribution is 2.41. The van der Waals surface area contributed by atoms with Crippen molar-refractivity contribution in [3.8, 4) is 0 Å². The summed E-state index contributed by atoms with van der Waals surface area (Å²) in [5.41, 5.74) is 1.97. The Morgan fingerprint density at radius 3 is 2.95 bits per heavy atom. The number of rotatable bonds is 3. The van der Waals surface area contributed by atoms with Crippen LogP contribution in [0.15, 0.2) is 49.2 Å². The zero-order valence-corrected chi connectivity index (χ0v) is 12.7. The van der Waals surface area contributed by atoms with E-state index in [1.165, 1.54) is 6.42 Å². The fraction of sp³-hybridized carbons (Fsp3) is 0.421. The summed E-state index contributed by atoms with van der Waals surface area (Å²) < 4.78 is 0. The molecule has 2 aromatic rings. The number of aromatic nitrogens is 1. The minimum Gasteiger partial charge on any atom is -0.387 e. The quantitative estimate of drug-likeness (QED) is 0.883. The Morgan fingerprint density at radius 1 is 1.32 bits per heavy atom. The molecule has 0 amide bonds. The molecule has 1 N–H and O–H groups in total. The van der Waals surface area contributed by atoms with Gasteiger partial charge in [0.05, 0.1) is 11.6 Å². The predicted octanol–water partition coefficient (Wildman–Crippen LogP) is 3.16. The summed E-state index contributed by atoms with van der Waals surface area (Å²) >= 11 is 0. The Hall–Kier alpha value is -1.71. The number of aliphatic hydroxyl groups excluding tert-OH is 1. The molecule has 3 nitrogen and oxygen atoms in total. The van der Waals surface area contributed by atoms with E-state index in [1.54, 1.807) is 0 Å². The second kappa shape index (κ2) is 5.49. The summed E-state index contributed by atoms with van der Waals surface area (Å²) in [5, 5.41) is 12.1. The number of pyridine rings is 1. The first-order chi connectivity index (χ1) is 10.8. The number of hydrogen-bond donors (Lipinski definition) is 1. The molecule has 3 aliphatic rings. The van der Waals surface area contributed by atoms with Gasteiger partial charge in [-0.3, -0.25) is 9.88 Å². The van der Waals surface area contributed by atoms with E-state index < -0.39 is 6.10 Å². The molecule has 0 saturated carbocycles. The van der Waals surface area contributed by atoms with Gasteiger partial charge in [0.1, 0.15) is 0 Å². The van der Waals surface area contributed by atoms with E-state index in [0.29, 0.717) is 11.8 Å². The van der Waals surface area contributed by atoms with Crippen LogP contribution in [0.2, 0.25) is 0 Å². The van der Waals surface area contributed by atoms with E-state index in [1.807, 2.05) is 30.5 Å². The van der Waals surface area contributed by atoms with Crippen LogP contribution in [0.25, 0.3) is 10.9 Å². The fourth-order valence-electron chi connectivity index (χ4n) is 4.29. The summed E-state index contributed by atoms with van der Waals surface area (Å²) in [6.45, 7) is 6.11. The molecule has 2 unspecified atom stereocenters. The minimum atomic E-state index is -0.443. The van der Waals surface area contributed by atoms with Crippen LogP contribution in [-0.2, 0) is 0 Å². The van der Waals surface area contributed by atoms with E-state index in [4.69, 9.17) is 0 Å². The Bertz CT molecular complexity index is 693. The summed E-state index contributed by atoms with van der Waals surface area (Å²) in [6.07, 6.45) is 5.76. The molecule has 0 spiro atoms. The topological polar surface area (TPSA) is 36.4 Å². The highest BCUT2D eigenvalue weighted by Gasteiger charge is 2.42. The van der Waals surface area contributed by atoms with Crippen LogP contribution < -0.4 is 0 Å². The lowest BCUT2D eigenvalue weighted by Crippen LogP contribution is -2.54. The van der Waals surface area contributed by atoms with Crippen molar-refractivity contribution in [2.24, 2.45) is 11.8 Å². The Labute approximate surface area is 131 Å². The number of piperidine rings is 3. The van der Waals surface area contributed by atoms with Crippen molar-refractivity contribution >= 4 is 10.9 Å². The van der Waals surface area contributed by atoms with Crippen LogP contribution in [0.4, 0.5) is 0 Å². The van der Waals surface area contributed by atoms with Crippen molar-refractivity contribution in [1.82, 2.24) is 9.88 Å². The van der Waals surface area contributed by atoms with Crippen molar-refractivity contribution in [3.05, 3.63) is 54.7 Å². The maximum Gasteiger partial charge on any atom is 0.0952 e. The molecule has 0 radical (unpaired) electrons. The van der Waals surface area contributed by atoms with Gasteiger partial charge in [-0.2, -0.15) is 0 Å². The fourth-order valence-corrected chi connectivity index (χ4v) is 4.29. The van der Waals surface area contributed by atoms with Crippen molar-refractivity contribution in [2.45, 2.75) is 25.0 Å². The summed E-state index contributed by atoms with van der Waals surface area (Å²) in [5.74, 6) is 1.27. The summed E-state index contributed by atoms with van der Waals surface area (Å²) in [7, 11) is 0. The number of hydrogen-bond acceptors (Lipinski definition) is 3. The number of nitrogens with zero attached hydrogens (tertiary/aromatic N) is 2. The molecule has 114 valence electrons. The van der Waals surface area contributed by atoms with Gasteiger partial charge in [-0.25, -0.2) is 0 Å². The molecular formula is C19H22N2O. The zero-order chi connectivity index (χ0) is 15.1. The third-order valence-corrected chi connectivity index (χ3v) is 5.52. The molecule has 3 heteroatoms. The molecule has 4 heterocycles. The van der Waals surface area contributed by atoms with Gasteiger partial charge in [0, 0.05) is 24.2 Å². The van der Waals surface area contributed by atoms with Crippen molar-refractivity contribution in [1.29, 1.82) is 0 Å². The third-order valence-electron chi connectivity index (χ3n) is 5.52. The summed E-state index contributed by atoms with van der Waals surface area (Å²) in [4.78, 5) is 6.86. The lowest BCUT2D eigenvalue weighted by Gasteiger charge is -2.50. The van der Waals surface area contributed by atoms with Crippen molar-refractivity contribution in [3.63, 3.8) is 0 Å². The zero-order valence-electron chi connectivity index (χ0n) is 12.7. The van der Waals surface area contributed by atoms with Gasteiger partial charge in [-0.15, -0.1) is 6.58 Å². The molecule has 3 aliphatic heterocycles. The van der Waals surface area contributed by atoms with Crippen molar-refractivity contribution in [2.75, 3.05) is 13.1 Å². The Balaban J connectivity index is 1.67. The van der Waals surface area contributed by atoms with Crippen LogP contribution in [0.1, 0.15) is 24.5 Å². The number of aliphatic hydroxyl groups is 1. The molecule has 3 saturated heterocycles. The average molecular weight is 294 g/mol. The highest BCUT2D eigenvalue weighted by molar-refractivity contribution is 5.82. The number of para-hydroxylation sites is 1. The third kappa shape index (κ3) is 2.16. The van der Waals surface area contributed by atoms with Crippen molar-refractivity contribution < 1.29 is 5.11 Å². The minimum absolute atomic E-state index is 0.223. The van der Waals surface area contributed by atoms with Gasteiger partial charge >= 0.3 is 0 Å². The second-order valence-electron chi connectivity index (χ2n) is 6.61. The van der Waals surface area contributed by atoms with E-state index in [-0.39, 0.29) is 6.04 Å². The number of fused-ring (bicyclic) bond motifs is 4. The van der Waals surface area contributed by atoms with Gasteiger partial charge < -0.3 is 5.11 Å². The van der Waals surface area contributed by atoms with Crippen LogP contribution in [0, 0.1) is 11.8 Å². The van der Waals surface area contributed by atoms with E-state index in [0.717, 1.165) is 36.0 Å². The lowest BCUT2D eigenvalue weighted by atomic mass is 9.73. The van der Waals surface area contributed by atoms with Gasteiger partial charge in [0.25, 0.3) is 0 Å². The van der Waals surface area contributed by atoms with E-state index in [9.17, 15) is 5.11 Å². The van der Waals surface area contributed by atoms with Crippen LogP contribution in [0.3, 0.4) is 0 Å². The maximum absolute atomic E-state index is 11.0. The van der Waals surface area contributed by atoms with Crippen LogP contribution >= 0.6 is 0 Å². The first-order valence-corrected chi connectivity index (χ1v) is 8.16. The largest absolute Gasteiger partial charge is 0.387 e. The molecule has 22 heavy (non-hydrogen) atoms. The SMILES string of the molecule is C=C[C@H]1CN2CCC1C[C@@H]2[C@H](O)c1ccnc2ccccc12. The standard InChI is InChI=1S/C19H22N2O/c1-2-13-12-21-10-8-14(13)11-18(21)19(22)16-7-9-20-17-6-4-3-5-15(16)17/h2-7,9,13-14,18-19,22H,1,8,10-12H2/t13-,14?,18+,19+/m0/s1. The Kier molecular flexibility index (Phi) is 3.47. The molecule has 1 aromatic carbocycles. The van der Waals surface area contributed by atoms with E-state index >= 15 is 0 Å². The lowest BCUT2D eigenvalue weighted by molar-refractivity contribution is -0.0444. The molecule has 0 aliphatic carbocycles. The molecule has 5 atom stereocenters. The Morgan fingerprint density at radius 2 is 2.18 bits per heavy atom. The van der Waals surface area contributed by atoms with Crippen LogP contribution in [0.5, 0.6) is 0 Å². The van der Waals surface area contributed by atoms with Crippen LogP contribution in [-0.4, -0.2) is 34.1 Å². The smallest absolute Gasteiger partial charge is 0.0952 e. The highest BCUT2D eigenvalue weighted by atomic mass is 16.3. The molecule has 2 bridgehead atoms. The maximum atomic E-state index is 11.0. The normalized spacial score (nSPS) is 32.0. The molecule has 5 rings (SSSR count). The number of benzene rings is 1. The van der Waals surface area contributed by atoms with Gasteiger partial charge in [-0.1, -0.05) is 24.3 Å². The molecule has 1 aromatic heterocycles. The average Bonchev–Trinajstić information content (AvgIpc) is 2.60. The molecular weight excluding hydrogens is 272 g/mol.